The van der Waals surface area contributed by atoms with Crippen molar-refractivity contribution in [3.63, 3.8) is 0 Å². The number of aryl methyl sites for hydroxylation is 1. The lowest BCUT2D eigenvalue weighted by molar-refractivity contribution is -0.127. The number of hydrazine groups is 1. The molecule has 1 fully saturated rings. The van der Waals surface area contributed by atoms with Crippen molar-refractivity contribution < 1.29 is 31.3 Å². The molecular weight excluding hydrogens is 590 g/mol. The van der Waals surface area contributed by atoms with Crippen molar-refractivity contribution in [2.45, 2.75) is 64.7 Å². The first kappa shape index (κ1) is 30.9. The molecule has 1 N–H and O–H groups in total. The topological polar surface area (TPSA) is 97.1 Å². The number of aromatic nitrogens is 3. The van der Waals surface area contributed by atoms with Crippen LogP contribution in [0.4, 0.5) is 21.9 Å². The van der Waals surface area contributed by atoms with E-state index in [4.69, 9.17) is 9.47 Å². The molecule has 232 valence electrons. The van der Waals surface area contributed by atoms with Gasteiger partial charge in [-0.2, -0.15) is 22.4 Å². The zero-order valence-electron chi connectivity index (χ0n) is 24.5. The highest BCUT2D eigenvalue weighted by molar-refractivity contribution is 7.92. The molecule has 0 bridgehead atoms. The normalized spacial score (nSPS) is 17.8. The highest BCUT2D eigenvalue weighted by Gasteiger charge is 2.37. The number of pyridine rings is 1. The first-order valence-electron chi connectivity index (χ1n) is 13.8. The number of nitrogens with one attached hydrogen (secondary N) is 1. The summed E-state index contributed by atoms with van der Waals surface area (Å²) in [6.07, 6.45) is -0.213. The molecule has 2 aromatic heterocycles. The highest BCUT2D eigenvalue weighted by atomic mass is 32.2. The molecule has 0 aliphatic carbocycles. The third-order valence-electron chi connectivity index (χ3n) is 7.34. The second kappa shape index (κ2) is 11.8. The van der Waals surface area contributed by atoms with E-state index in [-0.39, 0.29) is 59.2 Å². The van der Waals surface area contributed by atoms with E-state index in [1.54, 1.807) is 17.2 Å². The van der Waals surface area contributed by atoms with Crippen LogP contribution in [0.25, 0.3) is 17.0 Å². The number of hydrogen-bond donors (Lipinski definition) is 1. The predicted molar refractivity (Wildman–Crippen MR) is 154 cm³/mol. The van der Waals surface area contributed by atoms with E-state index in [2.05, 4.69) is 20.5 Å². The Morgan fingerprint density at radius 2 is 1.93 bits per heavy atom. The van der Waals surface area contributed by atoms with E-state index in [1.165, 1.54) is 24.4 Å². The quantitative estimate of drug-likeness (QED) is 0.397. The fourth-order valence-corrected chi connectivity index (χ4v) is 5.86. The number of fused-ring (bicyclic) bond motifs is 1. The van der Waals surface area contributed by atoms with E-state index in [0.29, 0.717) is 37.5 Å². The van der Waals surface area contributed by atoms with Crippen molar-refractivity contribution in [1.29, 1.82) is 0 Å². The molecule has 10 nitrogen and oxygen atoms in total. The summed E-state index contributed by atoms with van der Waals surface area (Å²) in [7, 11) is 1.42. The Balaban J connectivity index is 1.46. The third-order valence-corrected chi connectivity index (χ3v) is 7.74. The number of likely N-dealkylation sites (tertiary alicyclic amines) is 1. The summed E-state index contributed by atoms with van der Waals surface area (Å²) < 4.78 is 67.7. The van der Waals surface area contributed by atoms with E-state index in [1.807, 2.05) is 27.7 Å². The van der Waals surface area contributed by atoms with Gasteiger partial charge in [0.1, 0.15) is 18.0 Å². The van der Waals surface area contributed by atoms with Gasteiger partial charge in [0.2, 0.25) is 0 Å². The predicted octanol–water partition coefficient (Wildman–Crippen LogP) is 5.91. The SMILES string of the molecule is COC1=CC(c2c(CC(F)(F)F)c(-c3cc(C)c(C4CCN(C(=O)OC(C)(C)C)CC4)cn3)nn2SF)=CN2NCN=C12. The van der Waals surface area contributed by atoms with Gasteiger partial charge in [-0.15, -0.1) is 3.89 Å². The number of amides is 1. The monoisotopic (exact) mass is 623 g/mol. The summed E-state index contributed by atoms with van der Waals surface area (Å²) in [5.74, 6) is 0.889. The number of carbonyl (C=O) groups is 1. The lowest BCUT2D eigenvalue weighted by Gasteiger charge is -2.34. The number of methoxy groups -OCH3 is 1. The summed E-state index contributed by atoms with van der Waals surface area (Å²) in [5.41, 5.74) is 4.29. The van der Waals surface area contributed by atoms with Gasteiger partial charge in [0, 0.05) is 36.6 Å². The van der Waals surface area contributed by atoms with Gasteiger partial charge in [-0.25, -0.2) is 15.2 Å². The number of nitrogens with zero attached hydrogens (tertiary/aromatic N) is 6. The van der Waals surface area contributed by atoms with Crippen molar-refractivity contribution >= 4 is 29.8 Å². The molecule has 0 aromatic carbocycles. The van der Waals surface area contributed by atoms with E-state index < -0.39 is 18.2 Å². The Morgan fingerprint density at radius 1 is 1.21 bits per heavy atom. The lowest BCUT2D eigenvalue weighted by Crippen LogP contribution is -2.41. The molecule has 15 heteroatoms. The second-order valence-electron chi connectivity index (χ2n) is 11.5. The van der Waals surface area contributed by atoms with Crippen LogP contribution in [0, 0.1) is 6.92 Å². The molecule has 3 aliphatic rings. The van der Waals surface area contributed by atoms with Crippen LogP contribution in [0.3, 0.4) is 0 Å². The zero-order valence-corrected chi connectivity index (χ0v) is 25.3. The number of alkyl halides is 3. The average molecular weight is 624 g/mol. The third kappa shape index (κ3) is 6.66. The van der Waals surface area contributed by atoms with Gasteiger partial charge in [0.25, 0.3) is 0 Å². The second-order valence-corrected chi connectivity index (χ2v) is 12.0. The number of hydrogen-bond acceptors (Lipinski definition) is 9. The Kier molecular flexibility index (Phi) is 8.49. The van der Waals surface area contributed by atoms with Gasteiger partial charge in [-0.1, -0.05) is 0 Å². The zero-order chi connectivity index (χ0) is 31.1. The van der Waals surface area contributed by atoms with Crippen LogP contribution < -0.4 is 5.43 Å². The van der Waals surface area contributed by atoms with Crippen LogP contribution in [-0.4, -0.2) is 74.7 Å². The van der Waals surface area contributed by atoms with Crippen LogP contribution in [0.1, 0.15) is 61.9 Å². The first-order valence-corrected chi connectivity index (χ1v) is 14.4. The summed E-state index contributed by atoms with van der Waals surface area (Å²) in [6.45, 7) is 8.62. The fraction of sp³-hybridized carbons (Fsp3) is 0.500. The van der Waals surface area contributed by atoms with Gasteiger partial charge < -0.3 is 14.4 Å². The molecule has 1 amide bonds. The molecule has 0 spiro atoms. The Hall–Kier alpha value is -3.59. The molecule has 3 aliphatic heterocycles. The Labute approximate surface area is 251 Å². The highest BCUT2D eigenvalue weighted by Crippen LogP contribution is 2.39. The fourth-order valence-electron chi connectivity index (χ4n) is 5.46. The molecular formula is C28H33F4N7O3S. The van der Waals surface area contributed by atoms with E-state index >= 15 is 0 Å². The molecule has 5 heterocycles. The minimum Gasteiger partial charge on any atom is -0.493 e. The van der Waals surface area contributed by atoms with E-state index in [0.717, 1.165) is 15.2 Å². The van der Waals surface area contributed by atoms with Gasteiger partial charge in [0.05, 0.1) is 24.9 Å². The van der Waals surface area contributed by atoms with Crippen LogP contribution in [0.5, 0.6) is 0 Å². The van der Waals surface area contributed by atoms with E-state index in [9.17, 15) is 21.9 Å². The maximum Gasteiger partial charge on any atom is 0.410 e. The molecule has 1 saturated heterocycles. The van der Waals surface area contributed by atoms with Crippen LogP contribution in [0.2, 0.25) is 0 Å². The number of allylic oxidation sites excluding steroid dienone is 2. The van der Waals surface area contributed by atoms with Gasteiger partial charge in [0.15, 0.2) is 23.9 Å². The number of amidine groups is 1. The number of ether oxygens (including phenoxy) is 2. The van der Waals surface area contributed by atoms with Crippen LogP contribution in [0.15, 0.2) is 35.3 Å². The molecule has 0 saturated carbocycles. The summed E-state index contributed by atoms with van der Waals surface area (Å²) >= 11 is -0.297. The number of halogens is 4. The van der Waals surface area contributed by atoms with Crippen molar-refractivity contribution in [2.75, 3.05) is 26.9 Å². The van der Waals surface area contributed by atoms with Crippen molar-refractivity contribution in [2.24, 2.45) is 4.99 Å². The summed E-state index contributed by atoms with van der Waals surface area (Å²) in [5, 5.41) is 5.76. The molecule has 5 rings (SSSR count). The average Bonchev–Trinajstić information content (AvgIpc) is 3.55. The largest absolute Gasteiger partial charge is 0.493 e. The van der Waals surface area contributed by atoms with Crippen molar-refractivity contribution in [3.05, 3.63) is 52.7 Å². The standard InChI is InChI=1S/C28H33F4N7O3S/c1-16-10-21(33-13-20(16)17-6-8-37(9-7-17)26(40)42-27(2,3)4)23-19(12-28(29,30)31)24(39(36-23)43-32)18-11-22(41-5)25-34-15-35-38(25)14-18/h10-11,13-14,17,35H,6-9,12,15H2,1-5H3. The summed E-state index contributed by atoms with van der Waals surface area (Å²) in [4.78, 5) is 22.9. The number of piperidine rings is 1. The lowest BCUT2D eigenvalue weighted by atomic mass is 9.87. The Bertz CT molecular complexity index is 1490. The molecule has 0 unspecified atom stereocenters. The maximum atomic E-state index is 14.2. The molecule has 43 heavy (non-hydrogen) atoms. The first-order chi connectivity index (χ1) is 20.3. The number of aliphatic imine (C=N–C) groups is 1. The Morgan fingerprint density at radius 3 is 2.53 bits per heavy atom. The van der Waals surface area contributed by atoms with Crippen molar-refractivity contribution in [1.82, 2.24) is 29.5 Å². The smallest absolute Gasteiger partial charge is 0.410 e. The molecule has 2 aromatic rings. The van der Waals surface area contributed by atoms with Crippen molar-refractivity contribution in [3.8, 4) is 11.4 Å². The van der Waals surface area contributed by atoms with Crippen LogP contribution >= 0.6 is 12.3 Å². The van der Waals surface area contributed by atoms with Crippen LogP contribution in [-0.2, 0) is 15.9 Å². The van der Waals surface area contributed by atoms with Gasteiger partial charge >= 0.3 is 12.3 Å². The minimum atomic E-state index is -4.60. The van der Waals surface area contributed by atoms with Gasteiger partial charge in [-0.3, -0.25) is 9.99 Å². The summed E-state index contributed by atoms with van der Waals surface area (Å²) in [6, 6.07) is 1.69. The van der Waals surface area contributed by atoms with Gasteiger partial charge in [-0.05, 0) is 69.7 Å². The molecule has 0 atom stereocenters. The number of carbonyl (C=O) groups excluding carboxylic acids is 1. The minimum absolute atomic E-state index is 0.0554. The number of rotatable bonds is 6. The maximum absolute atomic E-state index is 14.2. The molecule has 0 radical (unpaired) electrons.